The molecular formula is C10H10ClNO3. The van der Waals surface area contributed by atoms with Crippen molar-refractivity contribution in [3.8, 4) is 5.75 Å². The summed E-state index contributed by atoms with van der Waals surface area (Å²) in [6.45, 7) is 0.288. The van der Waals surface area contributed by atoms with E-state index in [-0.39, 0.29) is 13.0 Å². The Labute approximate surface area is 91.6 Å². The number of hydrogen-bond acceptors (Lipinski definition) is 3. The zero-order valence-electron chi connectivity index (χ0n) is 7.87. The predicted octanol–water partition coefficient (Wildman–Crippen LogP) is 1.36. The number of fused-ring (bicyclic) bond motifs is 1. The highest BCUT2D eigenvalue weighted by Gasteiger charge is 2.41. The van der Waals surface area contributed by atoms with Gasteiger partial charge in [-0.25, -0.2) is 4.79 Å². The van der Waals surface area contributed by atoms with Gasteiger partial charge < -0.3 is 15.6 Å². The highest BCUT2D eigenvalue weighted by molar-refractivity contribution is 6.30. The Morgan fingerprint density at radius 2 is 2.33 bits per heavy atom. The molecule has 1 aromatic carbocycles. The van der Waals surface area contributed by atoms with Crippen LogP contribution in [0.15, 0.2) is 18.2 Å². The van der Waals surface area contributed by atoms with Crippen molar-refractivity contribution in [2.75, 3.05) is 6.61 Å². The summed E-state index contributed by atoms with van der Waals surface area (Å²) in [6, 6.07) is 4.80. The maximum Gasteiger partial charge on any atom is 0.328 e. The van der Waals surface area contributed by atoms with E-state index < -0.39 is 11.5 Å². The molecule has 1 aromatic rings. The molecule has 0 saturated carbocycles. The van der Waals surface area contributed by atoms with Gasteiger partial charge in [-0.15, -0.1) is 0 Å². The van der Waals surface area contributed by atoms with Gasteiger partial charge in [0, 0.05) is 17.0 Å². The molecule has 1 heterocycles. The van der Waals surface area contributed by atoms with E-state index in [1.54, 1.807) is 18.2 Å². The second kappa shape index (κ2) is 3.40. The molecule has 5 heteroatoms. The van der Waals surface area contributed by atoms with Gasteiger partial charge in [-0.1, -0.05) is 17.7 Å². The van der Waals surface area contributed by atoms with Crippen molar-refractivity contribution in [1.29, 1.82) is 0 Å². The van der Waals surface area contributed by atoms with Crippen LogP contribution in [0.1, 0.15) is 12.0 Å². The van der Waals surface area contributed by atoms with E-state index in [2.05, 4.69) is 0 Å². The molecule has 80 valence electrons. The molecule has 2 rings (SSSR count). The first-order valence-electron chi connectivity index (χ1n) is 4.49. The minimum atomic E-state index is -1.36. The molecule has 1 unspecified atom stereocenters. The first-order valence-corrected chi connectivity index (χ1v) is 4.87. The van der Waals surface area contributed by atoms with Crippen molar-refractivity contribution in [2.24, 2.45) is 5.73 Å². The third-order valence-corrected chi connectivity index (χ3v) is 2.79. The molecule has 0 bridgehead atoms. The lowest BCUT2D eigenvalue weighted by Crippen LogP contribution is -2.48. The van der Waals surface area contributed by atoms with Gasteiger partial charge in [-0.05, 0) is 12.1 Å². The normalized spacial score (nSPS) is 24.1. The molecule has 4 nitrogen and oxygen atoms in total. The first-order chi connectivity index (χ1) is 7.04. The maximum atomic E-state index is 11.1. The molecule has 3 N–H and O–H groups in total. The third kappa shape index (κ3) is 1.56. The van der Waals surface area contributed by atoms with Gasteiger partial charge in [0.2, 0.25) is 0 Å². The Hall–Kier alpha value is -1.26. The fraction of sp³-hybridized carbons (Fsp3) is 0.300. The number of carboxylic acid groups (broad SMARTS) is 1. The Bertz CT molecular complexity index is 421. The lowest BCUT2D eigenvalue weighted by Gasteiger charge is -2.31. The topological polar surface area (TPSA) is 72.6 Å². The second-order valence-electron chi connectivity index (χ2n) is 3.52. The van der Waals surface area contributed by atoms with E-state index in [1.807, 2.05) is 0 Å². The van der Waals surface area contributed by atoms with Gasteiger partial charge in [-0.3, -0.25) is 0 Å². The number of nitrogens with two attached hydrogens (primary N) is 1. The van der Waals surface area contributed by atoms with Crippen LogP contribution in [0.2, 0.25) is 5.02 Å². The van der Waals surface area contributed by atoms with Gasteiger partial charge in [0.1, 0.15) is 11.3 Å². The number of rotatable bonds is 1. The average Bonchev–Trinajstić information content (AvgIpc) is 2.17. The zero-order valence-corrected chi connectivity index (χ0v) is 8.62. The Balaban J connectivity index is 2.56. The molecule has 1 aliphatic rings. The smallest absolute Gasteiger partial charge is 0.328 e. The predicted molar refractivity (Wildman–Crippen MR) is 55.1 cm³/mol. The van der Waals surface area contributed by atoms with Crippen LogP contribution in [0.4, 0.5) is 0 Å². The number of hydrogen-bond donors (Lipinski definition) is 2. The quantitative estimate of drug-likeness (QED) is 0.760. The number of ether oxygens (including phenoxy) is 1. The van der Waals surface area contributed by atoms with Crippen molar-refractivity contribution in [1.82, 2.24) is 0 Å². The van der Waals surface area contributed by atoms with Crippen LogP contribution in [-0.4, -0.2) is 17.7 Å². The van der Waals surface area contributed by atoms with Crippen molar-refractivity contribution in [2.45, 2.75) is 12.0 Å². The van der Waals surface area contributed by atoms with Crippen molar-refractivity contribution in [3.05, 3.63) is 28.8 Å². The van der Waals surface area contributed by atoms with Crippen LogP contribution in [0, 0.1) is 0 Å². The fourth-order valence-corrected chi connectivity index (χ4v) is 1.83. The number of aliphatic carboxylic acids is 1. The standard InChI is InChI=1S/C10H10ClNO3/c11-6-1-2-7-8(5-6)15-4-3-10(7,12)9(13)14/h1-2,5H,3-4,12H2,(H,13,14). The van der Waals surface area contributed by atoms with Gasteiger partial charge in [0.05, 0.1) is 6.61 Å². The highest BCUT2D eigenvalue weighted by Crippen LogP contribution is 2.36. The molecule has 0 aliphatic carbocycles. The summed E-state index contributed by atoms with van der Waals surface area (Å²) in [5.41, 5.74) is 4.96. The minimum Gasteiger partial charge on any atom is -0.493 e. The Kier molecular flexibility index (Phi) is 2.32. The van der Waals surface area contributed by atoms with Gasteiger partial charge in [0.15, 0.2) is 0 Å². The average molecular weight is 228 g/mol. The summed E-state index contributed by atoms with van der Waals surface area (Å²) < 4.78 is 5.32. The first kappa shape index (κ1) is 10.3. The summed E-state index contributed by atoms with van der Waals surface area (Å²) in [6.07, 6.45) is 0.261. The second-order valence-corrected chi connectivity index (χ2v) is 3.95. The zero-order chi connectivity index (χ0) is 11.1. The molecule has 0 aromatic heterocycles. The van der Waals surface area contributed by atoms with Crippen LogP contribution in [-0.2, 0) is 10.3 Å². The van der Waals surface area contributed by atoms with E-state index in [0.717, 1.165) is 0 Å². The molecule has 1 aliphatic heterocycles. The fourth-order valence-electron chi connectivity index (χ4n) is 1.66. The molecule has 15 heavy (non-hydrogen) atoms. The Morgan fingerprint density at radius 1 is 1.60 bits per heavy atom. The SMILES string of the molecule is NC1(C(=O)O)CCOc2cc(Cl)ccc21. The Morgan fingerprint density at radius 3 is 3.00 bits per heavy atom. The van der Waals surface area contributed by atoms with Gasteiger partial charge in [-0.2, -0.15) is 0 Å². The van der Waals surface area contributed by atoms with Crippen molar-refractivity contribution in [3.63, 3.8) is 0 Å². The lowest BCUT2D eigenvalue weighted by molar-refractivity contribution is -0.144. The number of halogens is 1. The number of carbonyl (C=O) groups is 1. The summed E-state index contributed by atoms with van der Waals surface area (Å²) in [5.74, 6) is -0.590. The molecule has 1 atom stereocenters. The molecule has 0 radical (unpaired) electrons. The van der Waals surface area contributed by atoms with Gasteiger partial charge in [0.25, 0.3) is 0 Å². The maximum absolute atomic E-state index is 11.1. The largest absolute Gasteiger partial charge is 0.493 e. The summed E-state index contributed by atoms with van der Waals surface area (Å²) in [5, 5.41) is 9.60. The van der Waals surface area contributed by atoms with Crippen LogP contribution in [0.25, 0.3) is 0 Å². The number of benzene rings is 1. The third-order valence-electron chi connectivity index (χ3n) is 2.56. The monoisotopic (exact) mass is 227 g/mol. The van der Waals surface area contributed by atoms with E-state index in [0.29, 0.717) is 16.3 Å². The van der Waals surface area contributed by atoms with Crippen LogP contribution < -0.4 is 10.5 Å². The summed E-state index contributed by atoms with van der Waals surface area (Å²) in [4.78, 5) is 11.1. The molecule has 0 spiro atoms. The minimum absolute atomic E-state index is 0.261. The highest BCUT2D eigenvalue weighted by atomic mass is 35.5. The number of carboxylic acids is 1. The molecule has 0 amide bonds. The van der Waals surface area contributed by atoms with E-state index in [9.17, 15) is 4.79 Å². The molecular weight excluding hydrogens is 218 g/mol. The van der Waals surface area contributed by atoms with Crippen LogP contribution in [0.5, 0.6) is 5.75 Å². The summed E-state index contributed by atoms with van der Waals surface area (Å²) >= 11 is 5.78. The van der Waals surface area contributed by atoms with Gasteiger partial charge >= 0.3 is 5.97 Å². The van der Waals surface area contributed by atoms with E-state index in [1.165, 1.54) is 0 Å². The van der Waals surface area contributed by atoms with Crippen molar-refractivity contribution < 1.29 is 14.6 Å². The molecule has 0 fully saturated rings. The van der Waals surface area contributed by atoms with E-state index >= 15 is 0 Å². The van der Waals surface area contributed by atoms with Crippen LogP contribution in [0.3, 0.4) is 0 Å². The van der Waals surface area contributed by atoms with Crippen LogP contribution >= 0.6 is 11.6 Å². The molecule has 0 saturated heterocycles. The van der Waals surface area contributed by atoms with Crippen molar-refractivity contribution >= 4 is 17.6 Å². The summed E-state index contributed by atoms with van der Waals surface area (Å²) in [7, 11) is 0. The lowest BCUT2D eigenvalue weighted by atomic mass is 9.86. The van der Waals surface area contributed by atoms with E-state index in [4.69, 9.17) is 27.2 Å².